The van der Waals surface area contributed by atoms with E-state index in [1.165, 1.54) is 42.0 Å². The quantitative estimate of drug-likeness (QED) is 0.416. The van der Waals surface area contributed by atoms with E-state index in [-0.39, 0.29) is 40.9 Å². The highest BCUT2D eigenvalue weighted by atomic mass is 35.5. The SMILES string of the molecule is O=C(c1nc2c(C(F)(F)F)cc(-c3c[nH]cn3)cn2c1Cl)N1CC=C(c2ncccc2F)CC1. The number of carbonyl (C=O) groups excluding carboxylic acids is 1. The van der Waals surface area contributed by atoms with Crippen LogP contribution in [0.4, 0.5) is 17.6 Å². The van der Waals surface area contributed by atoms with Crippen molar-refractivity contribution in [1.29, 1.82) is 0 Å². The van der Waals surface area contributed by atoms with Crippen LogP contribution in [-0.2, 0) is 6.18 Å². The second kappa shape index (κ2) is 8.24. The van der Waals surface area contributed by atoms with Crippen molar-refractivity contribution in [2.75, 3.05) is 13.1 Å². The topological polar surface area (TPSA) is 79.2 Å². The number of aromatic nitrogens is 5. The van der Waals surface area contributed by atoms with E-state index in [2.05, 4.69) is 19.9 Å². The molecule has 1 aliphatic rings. The lowest BCUT2D eigenvalue weighted by Crippen LogP contribution is -2.35. The number of hydrogen-bond donors (Lipinski definition) is 1. The molecule has 1 aliphatic heterocycles. The van der Waals surface area contributed by atoms with Gasteiger partial charge in [0.15, 0.2) is 11.3 Å². The highest BCUT2D eigenvalue weighted by Gasteiger charge is 2.37. The minimum atomic E-state index is -4.74. The van der Waals surface area contributed by atoms with Crippen molar-refractivity contribution in [3.05, 3.63) is 77.1 Å². The molecule has 4 aromatic heterocycles. The Labute approximate surface area is 194 Å². The first kappa shape index (κ1) is 22.1. The predicted molar refractivity (Wildman–Crippen MR) is 115 cm³/mol. The largest absolute Gasteiger partial charge is 0.420 e. The van der Waals surface area contributed by atoms with E-state index in [9.17, 15) is 22.4 Å². The standard InChI is InChI=1S/C22H15ClF4N6O/c23-19-18(21(34)32-6-3-12(4-7-32)17-15(24)2-1-5-29-17)31-20-14(22(25,26)27)8-13(10-33(19)20)16-9-28-11-30-16/h1-3,5,8-11H,4,6-7H2,(H,28,30). The molecule has 0 aromatic carbocycles. The third kappa shape index (κ3) is 3.81. The van der Waals surface area contributed by atoms with Crippen LogP contribution < -0.4 is 0 Å². The Morgan fingerprint density at radius 2 is 2.06 bits per heavy atom. The van der Waals surface area contributed by atoms with Crippen LogP contribution in [0.15, 0.2) is 49.2 Å². The number of nitrogens with one attached hydrogen (secondary N) is 1. The summed E-state index contributed by atoms with van der Waals surface area (Å²) in [4.78, 5) is 29.2. The van der Waals surface area contributed by atoms with Crippen LogP contribution in [-0.4, -0.2) is 48.2 Å². The maximum Gasteiger partial charge on any atom is 0.420 e. The molecule has 0 bridgehead atoms. The molecule has 4 aromatic rings. The highest BCUT2D eigenvalue weighted by Crippen LogP contribution is 2.37. The number of nitrogens with zero attached hydrogens (tertiary/aromatic N) is 5. The summed E-state index contributed by atoms with van der Waals surface area (Å²) in [6, 6.07) is 3.70. The number of carbonyl (C=O) groups is 1. The fourth-order valence-electron chi connectivity index (χ4n) is 3.86. The molecule has 0 spiro atoms. The first-order valence-corrected chi connectivity index (χ1v) is 10.5. The average molecular weight is 491 g/mol. The molecule has 7 nitrogen and oxygen atoms in total. The van der Waals surface area contributed by atoms with E-state index in [1.54, 1.807) is 6.08 Å². The molecule has 0 saturated heterocycles. The van der Waals surface area contributed by atoms with Gasteiger partial charge in [-0.05, 0) is 30.2 Å². The highest BCUT2D eigenvalue weighted by molar-refractivity contribution is 6.33. The van der Waals surface area contributed by atoms with Crippen LogP contribution in [0.3, 0.4) is 0 Å². The van der Waals surface area contributed by atoms with E-state index in [0.717, 1.165) is 10.5 Å². The van der Waals surface area contributed by atoms with Crippen LogP contribution in [0.5, 0.6) is 0 Å². The molecule has 0 saturated carbocycles. The van der Waals surface area contributed by atoms with Crippen molar-refractivity contribution >= 4 is 28.7 Å². The number of rotatable bonds is 3. The fourth-order valence-corrected chi connectivity index (χ4v) is 4.11. The van der Waals surface area contributed by atoms with Gasteiger partial charge in [-0.2, -0.15) is 13.2 Å². The normalized spacial score (nSPS) is 14.5. The van der Waals surface area contributed by atoms with E-state index in [0.29, 0.717) is 12.0 Å². The zero-order valence-electron chi connectivity index (χ0n) is 17.3. The Bertz CT molecular complexity index is 1430. The molecule has 0 radical (unpaired) electrons. The number of H-pyrrole nitrogens is 1. The van der Waals surface area contributed by atoms with Crippen molar-refractivity contribution in [2.45, 2.75) is 12.6 Å². The van der Waals surface area contributed by atoms with Crippen molar-refractivity contribution in [2.24, 2.45) is 0 Å². The van der Waals surface area contributed by atoms with Gasteiger partial charge in [0.05, 0.1) is 17.6 Å². The van der Waals surface area contributed by atoms with Gasteiger partial charge in [-0.15, -0.1) is 0 Å². The predicted octanol–water partition coefficient (Wildman–Crippen LogP) is 4.86. The van der Waals surface area contributed by atoms with E-state index in [4.69, 9.17) is 11.6 Å². The van der Waals surface area contributed by atoms with Crippen molar-refractivity contribution in [3.63, 3.8) is 0 Å². The van der Waals surface area contributed by atoms with E-state index in [1.807, 2.05) is 0 Å². The first-order chi connectivity index (χ1) is 16.2. The Morgan fingerprint density at radius 1 is 1.24 bits per heavy atom. The van der Waals surface area contributed by atoms with Crippen LogP contribution in [0.1, 0.15) is 28.2 Å². The van der Waals surface area contributed by atoms with E-state index >= 15 is 0 Å². The van der Waals surface area contributed by atoms with Crippen LogP contribution in [0.2, 0.25) is 5.15 Å². The zero-order valence-corrected chi connectivity index (χ0v) is 18.0. The zero-order chi connectivity index (χ0) is 24.0. The number of fused-ring (bicyclic) bond motifs is 1. The second-order valence-electron chi connectivity index (χ2n) is 7.60. The lowest BCUT2D eigenvalue weighted by molar-refractivity contribution is -0.136. The first-order valence-electron chi connectivity index (χ1n) is 10.1. The summed E-state index contributed by atoms with van der Waals surface area (Å²) < 4.78 is 56.5. The lowest BCUT2D eigenvalue weighted by atomic mass is 10.0. The molecule has 5 rings (SSSR count). The van der Waals surface area contributed by atoms with Gasteiger partial charge in [-0.25, -0.2) is 14.4 Å². The molecule has 12 heteroatoms. The van der Waals surface area contributed by atoms with E-state index < -0.39 is 29.1 Å². The molecule has 1 amide bonds. The molecular weight excluding hydrogens is 476 g/mol. The number of halogens is 5. The summed E-state index contributed by atoms with van der Waals surface area (Å²) in [5.41, 5.74) is -0.535. The lowest BCUT2D eigenvalue weighted by Gasteiger charge is -2.25. The molecule has 0 unspecified atom stereocenters. The van der Waals surface area contributed by atoms with Gasteiger partial charge in [-0.1, -0.05) is 17.7 Å². The van der Waals surface area contributed by atoms with Gasteiger partial charge in [0.2, 0.25) is 0 Å². The van der Waals surface area contributed by atoms with Gasteiger partial charge in [0.25, 0.3) is 5.91 Å². The maximum atomic E-state index is 14.0. The Hall–Kier alpha value is -3.73. The number of amides is 1. The van der Waals surface area contributed by atoms with Gasteiger partial charge >= 0.3 is 6.18 Å². The monoisotopic (exact) mass is 490 g/mol. The average Bonchev–Trinajstić information content (AvgIpc) is 3.47. The number of aromatic amines is 1. The number of alkyl halides is 3. The van der Waals surface area contributed by atoms with Crippen molar-refractivity contribution in [3.8, 4) is 11.3 Å². The summed E-state index contributed by atoms with van der Waals surface area (Å²) >= 11 is 6.35. The minimum absolute atomic E-state index is 0.110. The molecule has 0 atom stereocenters. The molecule has 1 N–H and O–H groups in total. The molecule has 0 aliphatic carbocycles. The Morgan fingerprint density at radius 3 is 2.71 bits per heavy atom. The molecule has 34 heavy (non-hydrogen) atoms. The third-order valence-electron chi connectivity index (χ3n) is 5.52. The Balaban J connectivity index is 1.51. The molecule has 0 fully saturated rings. The summed E-state index contributed by atoms with van der Waals surface area (Å²) in [5, 5.41) is -0.242. The third-order valence-corrected chi connectivity index (χ3v) is 5.88. The van der Waals surface area contributed by atoms with Crippen LogP contribution in [0.25, 0.3) is 22.5 Å². The van der Waals surface area contributed by atoms with Gasteiger partial charge in [0, 0.05) is 37.2 Å². The van der Waals surface area contributed by atoms with Crippen LogP contribution >= 0.6 is 11.6 Å². The smallest absolute Gasteiger partial charge is 0.351 e. The molecular formula is C22H15ClF4N6O. The Kier molecular flexibility index (Phi) is 5.35. The summed E-state index contributed by atoms with van der Waals surface area (Å²) in [6.45, 7) is 0.314. The minimum Gasteiger partial charge on any atom is -0.351 e. The summed E-state index contributed by atoms with van der Waals surface area (Å²) in [5.74, 6) is -1.09. The summed E-state index contributed by atoms with van der Waals surface area (Å²) in [6.07, 6.45) is 2.85. The van der Waals surface area contributed by atoms with Gasteiger partial charge < -0.3 is 9.88 Å². The summed E-state index contributed by atoms with van der Waals surface area (Å²) in [7, 11) is 0. The fraction of sp³-hybridized carbons (Fsp3) is 0.182. The maximum absolute atomic E-state index is 14.0. The van der Waals surface area contributed by atoms with Crippen molar-refractivity contribution in [1.82, 2.24) is 29.2 Å². The van der Waals surface area contributed by atoms with Gasteiger partial charge in [0.1, 0.15) is 16.7 Å². The second-order valence-corrected chi connectivity index (χ2v) is 7.96. The van der Waals surface area contributed by atoms with Gasteiger partial charge in [-0.3, -0.25) is 14.2 Å². The van der Waals surface area contributed by atoms with Crippen LogP contribution in [0, 0.1) is 5.82 Å². The van der Waals surface area contributed by atoms with Crippen molar-refractivity contribution < 1.29 is 22.4 Å². The molecule has 174 valence electrons. The number of imidazole rings is 2. The number of hydrogen-bond acceptors (Lipinski definition) is 4. The number of pyridine rings is 2. The molecule has 5 heterocycles.